The predicted molar refractivity (Wildman–Crippen MR) is 127 cm³/mol. The van der Waals surface area contributed by atoms with Crippen molar-refractivity contribution in [2.24, 2.45) is 5.92 Å². The summed E-state index contributed by atoms with van der Waals surface area (Å²) in [7, 11) is 0. The van der Waals surface area contributed by atoms with E-state index in [-0.39, 0.29) is 30.8 Å². The van der Waals surface area contributed by atoms with Gasteiger partial charge in [-0.15, -0.1) is 0 Å². The lowest BCUT2D eigenvalue weighted by Crippen LogP contribution is -2.34. The summed E-state index contributed by atoms with van der Waals surface area (Å²) < 4.78 is 17.2. The molecule has 1 saturated carbocycles. The first-order valence-electron chi connectivity index (χ1n) is 11.9. The monoisotopic (exact) mass is 499 g/mol. The van der Waals surface area contributed by atoms with E-state index in [4.69, 9.17) is 25.8 Å². The molecular formula is C25H26ClN3O6. The van der Waals surface area contributed by atoms with Crippen molar-refractivity contribution in [2.45, 2.75) is 56.0 Å². The van der Waals surface area contributed by atoms with Crippen molar-refractivity contribution in [3.63, 3.8) is 0 Å². The normalized spacial score (nSPS) is 30.5. The smallest absolute Gasteiger partial charge is 0.306 e. The molecule has 1 aromatic carbocycles. The summed E-state index contributed by atoms with van der Waals surface area (Å²) >= 11 is 6.57. The van der Waals surface area contributed by atoms with Crippen LogP contribution >= 0.6 is 11.6 Å². The second kappa shape index (κ2) is 9.05. The van der Waals surface area contributed by atoms with Crippen molar-refractivity contribution in [2.75, 3.05) is 13.2 Å². The highest BCUT2D eigenvalue weighted by Crippen LogP contribution is 2.37. The number of pyridine rings is 1. The number of aliphatic carboxylic acids is 1. The number of benzene rings is 1. The van der Waals surface area contributed by atoms with Crippen molar-refractivity contribution >= 4 is 28.7 Å². The summed E-state index contributed by atoms with van der Waals surface area (Å²) in [5.74, 6) is -0.531. The van der Waals surface area contributed by atoms with Crippen LogP contribution in [-0.2, 0) is 14.3 Å². The number of aliphatic hydroxyl groups excluding tert-OH is 1. The fourth-order valence-corrected chi connectivity index (χ4v) is 5.69. The molecule has 2 aromatic heterocycles. The van der Waals surface area contributed by atoms with E-state index in [1.165, 1.54) is 5.56 Å². The summed E-state index contributed by atoms with van der Waals surface area (Å²) in [6.45, 7) is 0.547. The molecule has 3 N–H and O–H groups in total. The molecular weight excluding hydrogens is 474 g/mol. The fraction of sp³-hybridized carbons (Fsp3) is 0.480. The number of H-pyrrole nitrogens is 1. The molecule has 0 bridgehead atoms. The summed E-state index contributed by atoms with van der Waals surface area (Å²) in [4.78, 5) is 23.5. The third-order valence-electron chi connectivity index (χ3n) is 7.38. The van der Waals surface area contributed by atoms with Gasteiger partial charge in [0.1, 0.15) is 18.3 Å². The molecule has 3 aromatic rings. The summed E-state index contributed by atoms with van der Waals surface area (Å²) in [5.41, 5.74) is 3.86. The summed E-state index contributed by atoms with van der Waals surface area (Å²) in [6, 6.07) is 10.2. The van der Waals surface area contributed by atoms with Gasteiger partial charge >= 0.3 is 5.97 Å². The molecule has 10 heteroatoms. The highest BCUT2D eigenvalue weighted by atomic mass is 35.5. The van der Waals surface area contributed by atoms with E-state index < -0.39 is 12.1 Å². The van der Waals surface area contributed by atoms with Gasteiger partial charge in [-0.25, -0.2) is 4.98 Å². The molecule has 2 saturated heterocycles. The molecule has 1 unspecified atom stereocenters. The Balaban J connectivity index is 1.18. The van der Waals surface area contributed by atoms with Gasteiger partial charge in [-0.1, -0.05) is 35.9 Å². The number of halogens is 1. The Morgan fingerprint density at radius 2 is 1.80 bits per heavy atom. The third-order valence-corrected chi connectivity index (χ3v) is 7.67. The average Bonchev–Trinajstić information content (AvgIpc) is 3.55. The van der Waals surface area contributed by atoms with E-state index in [1.54, 1.807) is 6.07 Å². The van der Waals surface area contributed by atoms with Crippen LogP contribution in [0, 0.1) is 5.92 Å². The molecule has 35 heavy (non-hydrogen) atoms. The van der Waals surface area contributed by atoms with E-state index in [0.717, 1.165) is 31.2 Å². The van der Waals surface area contributed by atoms with Gasteiger partial charge < -0.3 is 29.4 Å². The van der Waals surface area contributed by atoms with Crippen LogP contribution in [0.4, 0.5) is 0 Å². The number of aromatic amines is 1. The zero-order valence-corrected chi connectivity index (χ0v) is 19.6. The molecule has 184 valence electrons. The van der Waals surface area contributed by atoms with Crippen LogP contribution in [0.5, 0.6) is 6.01 Å². The molecule has 3 aliphatic rings. The minimum atomic E-state index is -0.687. The van der Waals surface area contributed by atoms with Crippen molar-refractivity contribution < 1.29 is 29.2 Å². The first-order valence-corrected chi connectivity index (χ1v) is 12.3. The molecule has 3 fully saturated rings. The van der Waals surface area contributed by atoms with Gasteiger partial charge in [-0.2, -0.15) is 4.98 Å². The fourth-order valence-electron chi connectivity index (χ4n) is 5.43. The lowest BCUT2D eigenvalue weighted by molar-refractivity contribution is -0.142. The number of rotatable bonds is 5. The summed E-state index contributed by atoms with van der Waals surface area (Å²) in [5, 5.41) is 19.6. The number of carboxylic acids is 1. The Hall–Kier alpha value is -2.72. The predicted octanol–water partition coefficient (Wildman–Crippen LogP) is 3.54. The largest absolute Gasteiger partial charge is 0.481 e. The molecule has 6 rings (SSSR count). The number of hydrogen-bond donors (Lipinski definition) is 3. The lowest BCUT2D eigenvalue weighted by atomic mass is 9.78. The van der Waals surface area contributed by atoms with Crippen molar-refractivity contribution in [3.8, 4) is 17.3 Å². The second-order valence-electron chi connectivity index (χ2n) is 9.56. The zero-order valence-electron chi connectivity index (χ0n) is 18.9. The van der Waals surface area contributed by atoms with E-state index in [2.05, 4.69) is 27.1 Å². The Morgan fingerprint density at radius 1 is 1.06 bits per heavy atom. The molecule has 9 nitrogen and oxygen atoms in total. The molecule has 4 heterocycles. The number of carboxylic acid groups (broad SMARTS) is 1. The maximum absolute atomic E-state index is 11.2. The Kier molecular flexibility index (Phi) is 5.88. The van der Waals surface area contributed by atoms with Crippen molar-refractivity contribution in [3.05, 3.63) is 40.9 Å². The number of ether oxygens (including phenoxy) is 3. The Morgan fingerprint density at radius 3 is 2.54 bits per heavy atom. The molecule has 0 amide bonds. The van der Waals surface area contributed by atoms with E-state index in [1.807, 2.05) is 12.1 Å². The molecule has 4 atom stereocenters. The van der Waals surface area contributed by atoms with Gasteiger partial charge in [0.25, 0.3) is 6.01 Å². The number of nitrogens with zero attached hydrogens (tertiary/aromatic N) is 2. The third kappa shape index (κ3) is 4.27. The number of aromatic nitrogens is 3. The summed E-state index contributed by atoms with van der Waals surface area (Å²) in [6.07, 6.45) is 1.49. The number of hydrogen-bond acceptors (Lipinski definition) is 7. The SMILES string of the molecule is O=C(O)C1CCC(c2ccc(-c3nc4nc(O[C@@H]5COC6[C@H](O)CO[C@@H]65)[nH]c4cc3Cl)cc2)CC1. The first kappa shape index (κ1) is 22.7. The minimum Gasteiger partial charge on any atom is -0.481 e. The van der Waals surface area contributed by atoms with E-state index >= 15 is 0 Å². The number of nitrogens with one attached hydrogen (secondary N) is 1. The van der Waals surface area contributed by atoms with Gasteiger partial charge in [-0.3, -0.25) is 4.79 Å². The highest BCUT2D eigenvalue weighted by molar-refractivity contribution is 6.33. The van der Waals surface area contributed by atoms with Gasteiger partial charge in [0, 0.05) is 5.56 Å². The number of carbonyl (C=O) groups is 1. The van der Waals surface area contributed by atoms with Crippen LogP contribution in [-0.4, -0.2) is 68.8 Å². The van der Waals surface area contributed by atoms with Gasteiger partial charge in [0.15, 0.2) is 11.8 Å². The average molecular weight is 500 g/mol. The second-order valence-corrected chi connectivity index (χ2v) is 9.97. The molecule has 0 spiro atoms. The van der Waals surface area contributed by atoms with E-state index in [9.17, 15) is 15.0 Å². The van der Waals surface area contributed by atoms with E-state index in [0.29, 0.717) is 40.4 Å². The van der Waals surface area contributed by atoms with Crippen molar-refractivity contribution in [1.82, 2.24) is 15.0 Å². The van der Waals surface area contributed by atoms with Gasteiger partial charge in [0.2, 0.25) is 0 Å². The topological polar surface area (TPSA) is 127 Å². The molecule has 2 aliphatic heterocycles. The number of imidazole rings is 1. The standard InChI is InChI=1S/C25H26ClN3O6/c26-16-9-17-23(29-25(27-17)35-19-11-34-21-18(30)10-33-22(19)21)28-20(16)14-5-1-12(2-6-14)13-3-7-15(8-4-13)24(31)32/h1-2,5-6,9,13,15,18-19,21-22,30H,3-4,7-8,10-11H2,(H,31,32)(H,27,28,29)/t13?,15?,18-,19-,21?,22-/m1/s1. The molecule has 0 radical (unpaired) electrons. The number of aliphatic hydroxyl groups is 1. The maximum atomic E-state index is 11.2. The van der Waals surface area contributed by atoms with Crippen LogP contribution in [0.3, 0.4) is 0 Å². The minimum absolute atomic E-state index is 0.220. The maximum Gasteiger partial charge on any atom is 0.306 e. The van der Waals surface area contributed by atoms with Crippen LogP contribution in [0.2, 0.25) is 5.02 Å². The quantitative estimate of drug-likeness (QED) is 0.486. The van der Waals surface area contributed by atoms with Crippen LogP contribution in [0.15, 0.2) is 30.3 Å². The van der Waals surface area contributed by atoms with Crippen LogP contribution in [0.1, 0.15) is 37.2 Å². The Bertz CT molecular complexity index is 1240. The van der Waals surface area contributed by atoms with Crippen molar-refractivity contribution in [1.29, 1.82) is 0 Å². The lowest BCUT2D eigenvalue weighted by Gasteiger charge is -2.26. The van der Waals surface area contributed by atoms with Crippen LogP contribution in [0.25, 0.3) is 22.4 Å². The van der Waals surface area contributed by atoms with Gasteiger partial charge in [0.05, 0.1) is 35.4 Å². The highest BCUT2D eigenvalue weighted by Gasteiger charge is 2.48. The first-order chi connectivity index (χ1) is 17.0. The van der Waals surface area contributed by atoms with Crippen LogP contribution < -0.4 is 4.74 Å². The number of fused-ring (bicyclic) bond motifs is 2. The van der Waals surface area contributed by atoms with Gasteiger partial charge in [-0.05, 0) is 43.2 Å². The molecule has 1 aliphatic carbocycles. The Labute approximate surface area is 206 Å². The zero-order chi connectivity index (χ0) is 24.1.